The van der Waals surface area contributed by atoms with Gasteiger partial charge in [-0.1, -0.05) is 30.3 Å². The first kappa shape index (κ1) is 15.0. The Morgan fingerprint density at radius 2 is 2.15 bits per heavy atom. The lowest BCUT2D eigenvalue weighted by atomic mass is 10.1. The first-order valence-corrected chi connectivity index (χ1v) is 6.82. The Labute approximate surface area is 118 Å². The van der Waals surface area contributed by atoms with E-state index in [0.29, 0.717) is 13.0 Å². The summed E-state index contributed by atoms with van der Waals surface area (Å²) in [5.41, 5.74) is 0.937. The molecule has 1 heterocycles. The average molecular weight is 280 g/mol. The van der Waals surface area contributed by atoms with Crippen LogP contribution in [0.25, 0.3) is 0 Å². The third-order valence-corrected chi connectivity index (χ3v) is 3.15. The van der Waals surface area contributed by atoms with Crippen LogP contribution in [0, 0.1) is 0 Å². The molecule has 1 aliphatic rings. The maximum Gasteiger partial charge on any atom is 0.332 e. The van der Waals surface area contributed by atoms with E-state index in [4.69, 9.17) is 14.2 Å². The van der Waals surface area contributed by atoms with Gasteiger partial charge in [-0.3, -0.25) is 0 Å². The molecule has 1 aromatic carbocycles. The second-order valence-electron chi connectivity index (χ2n) is 4.78. The fourth-order valence-electron chi connectivity index (χ4n) is 2.02. The number of rotatable bonds is 6. The number of aliphatic hydroxyl groups is 1. The largest absolute Gasteiger partial charge is 0.459 e. The van der Waals surface area contributed by atoms with Crippen LogP contribution in [-0.2, 0) is 25.6 Å². The second-order valence-corrected chi connectivity index (χ2v) is 4.78. The molecule has 2 rings (SSSR count). The van der Waals surface area contributed by atoms with Gasteiger partial charge in [-0.05, 0) is 18.4 Å². The molecule has 5 nitrogen and oxygen atoms in total. The molecule has 2 atom stereocenters. The Hall–Kier alpha value is -1.43. The Kier molecular flexibility index (Phi) is 5.98. The number of esters is 1. The summed E-state index contributed by atoms with van der Waals surface area (Å²) in [4.78, 5) is 11.5. The van der Waals surface area contributed by atoms with Crippen LogP contribution in [0.15, 0.2) is 30.3 Å². The van der Waals surface area contributed by atoms with E-state index in [2.05, 4.69) is 0 Å². The predicted molar refractivity (Wildman–Crippen MR) is 72.0 cm³/mol. The monoisotopic (exact) mass is 280 g/mol. The van der Waals surface area contributed by atoms with Gasteiger partial charge in [0.2, 0.25) is 0 Å². The number of hydrogen-bond donors (Lipinski definition) is 1. The summed E-state index contributed by atoms with van der Waals surface area (Å²) in [5, 5.41) is 9.67. The molecule has 110 valence electrons. The highest BCUT2D eigenvalue weighted by Gasteiger charge is 2.24. The number of aliphatic hydroxyl groups excluding tert-OH is 1. The van der Waals surface area contributed by atoms with Crippen LogP contribution in [0.3, 0.4) is 0 Å². The normalized spacial score (nSPS) is 22.4. The van der Waals surface area contributed by atoms with Crippen LogP contribution >= 0.6 is 0 Å². The molecular weight excluding hydrogens is 260 g/mol. The molecule has 5 heteroatoms. The summed E-state index contributed by atoms with van der Waals surface area (Å²) in [7, 11) is 0. The molecule has 0 unspecified atom stereocenters. The molecule has 0 saturated carbocycles. The molecule has 20 heavy (non-hydrogen) atoms. The quantitative estimate of drug-likeness (QED) is 0.795. The Morgan fingerprint density at radius 3 is 2.90 bits per heavy atom. The number of ether oxygens (including phenoxy) is 3. The number of benzene rings is 1. The van der Waals surface area contributed by atoms with Crippen molar-refractivity contribution in [3.8, 4) is 0 Å². The molecule has 0 aromatic heterocycles. The lowest BCUT2D eigenvalue weighted by molar-refractivity contribution is -0.155. The Balaban J connectivity index is 1.60. The highest BCUT2D eigenvalue weighted by molar-refractivity contribution is 5.70. The van der Waals surface area contributed by atoms with E-state index in [1.54, 1.807) is 0 Å². The third-order valence-electron chi connectivity index (χ3n) is 3.15. The molecule has 0 amide bonds. The van der Waals surface area contributed by atoms with Crippen LogP contribution in [-0.4, -0.2) is 43.1 Å². The van der Waals surface area contributed by atoms with Gasteiger partial charge in [0.25, 0.3) is 0 Å². The number of carbonyl (C=O) groups excluding carboxylic acids is 1. The summed E-state index contributed by atoms with van der Waals surface area (Å²) in [5.74, 6) is -0.417. The summed E-state index contributed by atoms with van der Waals surface area (Å²) < 4.78 is 15.7. The van der Waals surface area contributed by atoms with Gasteiger partial charge < -0.3 is 19.3 Å². The van der Waals surface area contributed by atoms with Gasteiger partial charge in [-0.2, -0.15) is 0 Å². The van der Waals surface area contributed by atoms with Gasteiger partial charge in [0, 0.05) is 6.61 Å². The third kappa shape index (κ3) is 4.92. The van der Waals surface area contributed by atoms with Crippen molar-refractivity contribution in [2.45, 2.75) is 31.7 Å². The van der Waals surface area contributed by atoms with Crippen LogP contribution in [0.2, 0.25) is 0 Å². The zero-order chi connectivity index (χ0) is 14.2. The fraction of sp³-hybridized carbons (Fsp3) is 0.533. The standard InChI is InChI=1S/C15H20O5/c16-13-7-4-8-19-14(13)10-18-11-15(17)20-9-12-5-2-1-3-6-12/h1-3,5-6,13-14,16H,4,7-11H2/t13-,14-/m1/s1. The molecule has 1 aliphatic heterocycles. The SMILES string of the molecule is O=C(COC[C@H]1OCCC[C@H]1O)OCc1ccccc1. The maximum atomic E-state index is 11.5. The summed E-state index contributed by atoms with van der Waals surface area (Å²) in [6, 6.07) is 9.47. The minimum atomic E-state index is -0.510. The van der Waals surface area contributed by atoms with Gasteiger partial charge >= 0.3 is 5.97 Å². The molecule has 1 fully saturated rings. The van der Waals surface area contributed by atoms with Crippen molar-refractivity contribution < 1.29 is 24.1 Å². The van der Waals surface area contributed by atoms with Gasteiger partial charge in [0.15, 0.2) is 0 Å². The van der Waals surface area contributed by atoms with E-state index in [-0.39, 0.29) is 25.9 Å². The first-order valence-electron chi connectivity index (χ1n) is 6.82. The second kappa shape index (κ2) is 7.99. The van der Waals surface area contributed by atoms with Gasteiger partial charge in [0.1, 0.15) is 19.3 Å². The summed E-state index contributed by atoms with van der Waals surface area (Å²) >= 11 is 0. The van der Waals surface area contributed by atoms with Crippen LogP contribution in [0.4, 0.5) is 0 Å². The molecule has 1 saturated heterocycles. The van der Waals surface area contributed by atoms with E-state index >= 15 is 0 Å². The van der Waals surface area contributed by atoms with E-state index in [1.807, 2.05) is 30.3 Å². The molecule has 0 spiro atoms. The minimum absolute atomic E-state index is 0.126. The maximum absolute atomic E-state index is 11.5. The van der Waals surface area contributed by atoms with Crippen molar-refractivity contribution in [3.05, 3.63) is 35.9 Å². The lowest BCUT2D eigenvalue weighted by Gasteiger charge is -2.27. The molecule has 0 radical (unpaired) electrons. The topological polar surface area (TPSA) is 65.0 Å². The summed E-state index contributed by atoms with van der Waals surface area (Å²) in [6.07, 6.45) is 0.721. The number of carbonyl (C=O) groups is 1. The van der Waals surface area contributed by atoms with E-state index in [9.17, 15) is 9.90 Å². The molecule has 0 bridgehead atoms. The van der Waals surface area contributed by atoms with Gasteiger partial charge in [-0.15, -0.1) is 0 Å². The first-order chi connectivity index (χ1) is 9.75. The Morgan fingerprint density at radius 1 is 1.35 bits per heavy atom. The molecule has 0 aliphatic carbocycles. The summed E-state index contributed by atoms with van der Waals surface area (Å²) in [6.45, 7) is 0.955. The molecular formula is C15H20O5. The smallest absolute Gasteiger partial charge is 0.332 e. The van der Waals surface area contributed by atoms with Crippen LogP contribution in [0.5, 0.6) is 0 Å². The highest BCUT2D eigenvalue weighted by Crippen LogP contribution is 2.13. The van der Waals surface area contributed by atoms with E-state index < -0.39 is 12.1 Å². The van der Waals surface area contributed by atoms with Crippen molar-refractivity contribution in [1.29, 1.82) is 0 Å². The molecule has 1 aromatic rings. The van der Waals surface area contributed by atoms with E-state index in [1.165, 1.54) is 0 Å². The minimum Gasteiger partial charge on any atom is -0.459 e. The van der Waals surface area contributed by atoms with Crippen LogP contribution in [0.1, 0.15) is 18.4 Å². The average Bonchev–Trinajstić information content (AvgIpc) is 2.48. The highest BCUT2D eigenvalue weighted by atomic mass is 16.6. The fourth-order valence-corrected chi connectivity index (χ4v) is 2.02. The van der Waals surface area contributed by atoms with Crippen molar-refractivity contribution >= 4 is 5.97 Å². The van der Waals surface area contributed by atoms with Crippen molar-refractivity contribution in [3.63, 3.8) is 0 Å². The zero-order valence-electron chi connectivity index (χ0n) is 11.4. The van der Waals surface area contributed by atoms with Gasteiger partial charge in [-0.25, -0.2) is 4.79 Å². The van der Waals surface area contributed by atoms with Crippen molar-refractivity contribution in [2.75, 3.05) is 19.8 Å². The zero-order valence-corrected chi connectivity index (χ0v) is 11.4. The van der Waals surface area contributed by atoms with Crippen molar-refractivity contribution in [1.82, 2.24) is 0 Å². The van der Waals surface area contributed by atoms with Crippen LogP contribution < -0.4 is 0 Å². The van der Waals surface area contributed by atoms with E-state index in [0.717, 1.165) is 12.0 Å². The predicted octanol–water partition coefficient (Wildman–Crippen LogP) is 1.29. The Bertz CT molecular complexity index is 406. The lowest BCUT2D eigenvalue weighted by Crippen LogP contribution is -2.38. The molecule has 1 N–H and O–H groups in total. The van der Waals surface area contributed by atoms with Crippen molar-refractivity contribution in [2.24, 2.45) is 0 Å². The number of hydrogen-bond acceptors (Lipinski definition) is 5. The van der Waals surface area contributed by atoms with Gasteiger partial charge in [0.05, 0.1) is 12.7 Å².